The second-order valence-electron chi connectivity index (χ2n) is 5.59. The zero-order valence-electron chi connectivity index (χ0n) is 16.4. The van der Waals surface area contributed by atoms with Crippen molar-refractivity contribution in [1.82, 2.24) is 0 Å². The van der Waals surface area contributed by atoms with Gasteiger partial charge in [0.05, 0.1) is 71.6 Å². The van der Waals surface area contributed by atoms with E-state index in [1.165, 1.54) is 12.1 Å². The SMILES string of the molecule is O=C(O)c1cc(OCCOCCOCCO)cc(OCCOCCOCCO)c1. The van der Waals surface area contributed by atoms with Crippen molar-refractivity contribution < 1.29 is 48.5 Å². The summed E-state index contributed by atoms with van der Waals surface area (Å²) in [5, 5.41) is 26.4. The number of carboxylic acid groups (broad SMARTS) is 1. The fourth-order valence-corrected chi connectivity index (χ4v) is 2.07. The average Bonchev–Trinajstić information content (AvgIpc) is 2.72. The van der Waals surface area contributed by atoms with Crippen LogP contribution in [0.4, 0.5) is 0 Å². The molecule has 3 N–H and O–H groups in total. The number of hydrogen-bond acceptors (Lipinski definition) is 9. The van der Waals surface area contributed by atoms with Crippen LogP contribution in [0.2, 0.25) is 0 Å². The van der Waals surface area contributed by atoms with Crippen molar-refractivity contribution in [1.29, 1.82) is 0 Å². The van der Waals surface area contributed by atoms with Gasteiger partial charge in [-0.2, -0.15) is 0 Å². The first-order valence-electron chi connectivity index (χ1n) is 9.34. The van der Waals surface area contributed by atoms with E-state index in [0.717, 1.165) is 0 Å². The molecule has 0 radical (unpaired) electrons. The number of benzene rings is 1. The second kappa shape index (κ2) is 17.0. The zero-order valence-corrected chi connectivity index (χ0v) is 16.4. The number of carbonyl (C=O) groups is 1. The van der Waals surface area contributed by atoms with Crippen LogP contribution in [0.5, 0.6) is 11.5 Å². The Morgan fingerprint density at radius 2 is 1.00 bits per heavy atom. The van der Waals surface area contributed by atoms with E-state index in [1.807, 2.05) is 0 Å². The fraction of sp³-hybridized carbons (Fsp3) is 0.632. The normalized spacial score (nSPS) is 10.8. The van der Waals surface area contributed by atoms with Gasteiger partial charge in [-0.15, -0.1) is 0 Å². The van der Waals surface area contributed by atoms with E-state index in [-0.39, 0.29) is 45.2 Å². The Morgan fingerprint density at radius 3 is 1.38 bits per heavy atom. The highest BCUT2D eigenvalue weighted by Crippen LogP contribution is 2.23. The van der Waals surface area contributed by atoms with Crippen molar-refractivity contribution in [3.8, 4) is 11.5 Å². The third-order valence-electron chi connectivity index (χ3n) is 3.34. The molecule has 0 saturated heterocycles. The maximum atomic E-state index is 11.3. The summed E-state index contributed by atoms with van der Waals surface area (Å²) in [5.74, 6) is -0.369. The van der Waals surface area contributed by atoms with Crippen molar-refractivity contribution in [3.05, 3.63) is 23.8 Å². The van der Waals surface area contributed by atoms with Crippen molar-refractivity contribution >= 4 is 5.97 Å². The third-order valence-corrected chi connectivity index (χ3v) is 3.34. The molecule has 1 rings (SSSR count). The third kappa shape index (κ3) is 13.0. The summed E-state index contributed by atoms with van der Waals surface area (Å²) in [6.07, 6.45) is 0. The minimum atomic E-state index is -1.09. The van der Waals surface area contributed by atoms with Gasteiger partial charge in [0.1, 0.15) is 24.7 Å². The molecule has 0 fully saturated rings. The molecule has 0 bridgehead atoms. The van der Waals surface area contributed by atoms with Crippen LogP contribution in [0.15, 0.2) is 18.2 Å². The predicted octanol–water partition coefficient (Wildman–Crippen LogP) is 0.193. The first-order valence-corrected chi connectivity index (χ1v) is 9.34. The van der Waals surface area contributed by atoms with Crippen LogP contribution in [0.1, 0.15) is 10.4 Å². The van der Waals surface area contributed by atoms with E-state index in [1.54, 1.807) is 6.07 Å². The highest BCUT2D eigenvalue weighted by atomic mass is 16.6. The molecule has 0 saturated carbocycles. The smallest absolute Gasteiger partial charge is 0.335 e. The van der Waals surface area contributed by atoms with Gasteiger partial charge < -0.3 is 43.7 Å². The molecule has 0 aliphatic heterocycles. The lowest BCUT2D eigenvalue weighted by Gasteiger charge is -2.12. The molecule has 0 aliphatic carbocycles. The van der Waals surface area contributed by atoms with E-state index in [4.69, 9.17) is 38.6 Å². The minimum absolute atomic E-state index is 0.0292. The summed E-state index contributed by atoms with van der Waals surface area (Å²) in [6.45, 7) is 3.07. The van der Waals surface area contributed by atoms with Crippen LogP contribution in [0.25, 0.3) is 0 Å². The van der Waals surface area contributed by atoms with Crippen molar-refractivity contribution in [2.24, 2.45) is 0 Å². The Bertz CT molecular complexity index is 514. The molecule has 0 atom stereocenters. The first-order chi connectivity index (χ1) is 14.2. The molecule has 0 amide bonds. The number of aliphatic hydroxyl groups is 2. The summed E-state index contributed by atoms with van der Waals surface area (Å²) in [6, 6.07) is 4.42. The topological polar surface area (TPSA) is 133 Å². The quantitative estimate of drug-likeness (QED) is 0.267. The van der Waals surface area contributed by atoms with Gasteiger partial charge in [0.15, 0.2) is 0 Å². The highest BCUT2D eigenvalue weighted by Gasteiger charge is 2.09. The summed E-state index contributed by atoms with van der Waals surface area (Å²) in [4.78, 5) is 11.3. The second-order valence-corrected chi connectivity index (χ2v) is 5.59. The predicted molar refractivity (Wildman–Crippen MR) is 102 cm³/mol. The summed E-state index contributed by atoms with van der Waals surface area (Å²) in [7, 11) is 0. The monoisotopic (exact) mass is 418 g/mol. The largest absolute Gasteiger partial charge is 0.491 e. The lowest BCUT2D eigenvalue weighted by atomic mass is 10.2. The number of hydrogen-bond donors (Lipinski definition) is 3. The van der Waals surface area contributed by atoms with Crippen LogP contribution >= 0.6 is 0 Å². The number of aliphatic hydroxyl groups excluding tert-OH is 2. The standard InChI is InChI=1S/C19H30O10/c20-1-3-24-5-7-26-9-11-28-17-13-16(19(22)23)14-18(15-17)29-12-10-27-8-6-25-4-2-21/h13-15,20-21H,1-12H2,(H,22,23). The molecule has 0 aromatic heterocycles. The van der Waals surface area contributed by atoms with Gasteiger partial charge >= 0.3 is 5.97 Å². The highest BCUT2D eigenvalue weighted by molar-refractivity contribution is 5.88. The molecule has 166 valence electrons. The van der Waals surface area contributed by atoms with Crippen LogP contribution in [-0.2, 0) is 18.9 Å². The number of rotatable bonds is 19. The van der Waals surface area contributed by atoms with Crippen LogP contribution in [-0.4, -0.2) is 101 Å². The molecular formula is C19H30O10. The Balaban J connectivity index is 2.32. The van der Waals surface area contributed by atoms with Gasteiger partial charge in [-0.3, -0.25) is 0 Å². The maximum absolute atomic E-state index is 11.3. The molecule has 0 aliphatic rings. The Morgan fingerprint density at radius 1 is 0.621 bits per heavy atom. The Labute approximate surface area is 169 Å². The lowest BCUT2D eigenvalue weighted by Crippen LogP contribution is -2.13. The molecule has 10 nitrogen and oxygen atoms in total. The summed E-state index contributed by atoms with van der Waals surface area (Å²) >= 11 is 0. The van der Waals surface area contributed by atoms with Crippen molar-refractivity contribution in [2.45, 2.75) is 0 Å². The zero-order chi connectivity index (χ0) is 21.2. The average molecular weight is 418 g/mol. The molecule has 1 aromatic carbocycles. The molecule has 10 heteroatoms. The van der Waals surface area contributed by atoms with Gasteiger partial charge in [-0.05, 0) is 12.1 Å². The lowest BCUT2D eigenvalue weighted by molar-refractivity contribution is 0.0241. The van der Waals surface area contributed by atoms with Gasteiger partial charge in [0.25, 0.3) is 0 Å². The van der Waals surface area contributed by atoms with Gasteiger partial charge in [0.2, 0.25) is 0 Å². The number of ether oxygens (including phenoxy) is 6. The Hall–Kier alpha value is -1.95. The number of aromatic carboxylic acids is 1. The van der Waals surface area contributed by atoms with E-state index in [2.05, 4.69) is 0 Å². The van der Waals surface area contributed by atoms with Gasteiger partial charge in [0, 0.05) is 6.07 Å². The van der Waals surface area contributed by atoms with Gasteiger partial charge in [-0.25, -0.2) is 4.79 Å². The van der Waals surface area contributed by atoms with E-state index in [0.29, 0.717) is 51.1 Å². The fourth-order valence-electron chi connectivity index (χ4n) is 2.07. The molecule has 0 spiro atoms. The first kappa shape index (κ1) is 25.1. The van der Waals surface area contributed by atoms with Crippen molar-refractivity contribution in [2.75, 3.05) is 79.3 Å². The van der Waals surface area contributed by atoms with E-state index >= 15 is 0 Å². The molecule has 29 heavy (non-hydrogen) atoms. The molecular weight excluding hydrogens is 388 g/mol. The summed E-state index contributed by atoms with van der Waals surface area (Å²) < 4.78 is 31.8. The maximum Gasteiger partial charge on any atom is 0.335 e. The molecule has 0 heterocycles. The minimum Gasteiger partial charge on any atom is -0.491 e. The molecule has 1 aromatic rings. The van der Waals surface area contributed by atoms with Crippen molar-refractivity contribution in [3.63, 3.8) is 0 Å². The van der Waals surface area contributed by atoms with Crippen LogP contribution < -0.4 is 9.47 Å². The number of carboxylic acids is 1. The summed E-state index contributed by atoms with van der Waals surface area (Å²) in [5.41, 5.74) is 0.0501. The van der Waals surface area contributed by atoms with E-state index < -0.39 is 5.97 Å². The van der Waals surface area contributed by atoms with Crippen LogP contribution in [0.3, 0.4) is 0 Å². The Kier molecular flexibility index (Phi) is 14.7. The molecule has 0 unspecified atom stereocenters. The van der Waals surface area contributed by atoms with E-state index in [9.17, 15) is 9.90 Å². The van der Waals surface area contributed by atoms with Gasteiger partial charge in [-0.1, -0.05) is 0 Å². The van der Waals surface area contributed by atoms with Crippen LogP contribution in [0, 0.1) is 0 Å².